The van der Waals surface area contributed by atoms with Crippen LogP contribution in [0.3, 0.4) is 0 Å². The number of benzene rings is 2. The van der Waals surface area contributed by atoms with Crippen LogP contribution < -0.4 is 4.90 Å². The molecule has 26 heavy (non-hydrogen) atoms. The fourth-order valence-electron chi connectivity index (χ4n) is 3.01. The first-order chi connectivity index (χ1) is 17.0. The Morgan fingerprint density at radius 1 is 1.35 bits per heavy atom. The molecule has 0 spiro atoms. The topological polar surface area (TPSA) is 43.8 Å². The van der Waals surface area contributed by atoms with Crippen LogP contribution in [0.4, 0.5) is 5.69 Å². The normalized spacial score (nSPS) is 25.3. The van der Waals surface area contributed by atoms with Gasteiger partial charge in [-0.15, -0.1) is 0 Å². The largest absolute Gasteiger partial charge is 0.387 e. The van der Waals surface area contributed by atoms with Crippen molar-refractivity contribution in [3.63, 3.8) is 0 Å². The van der Waals surface area contributed by atoms with E-state index in [2.05, 4.69) is 0 Å². The molecular weight excluding hydrogens is 324 g/mol. The van der Waals surface area contributed by atoms with Crippen LogP contribution in [0, 0.1) is 0 Å². The first-order valence-corrected chi connectivity index (χ1v) is 8.42. The Morgan fingerprint density at radius 2 is 2.04 bits per heavy atom. The minimum Gasteiger partial charge on any atom is -0.387 e. The molecule has 0 saturated carbocycles. The molecule has 1 N–H and O–H groups in total. The Labute approximate surface area is 171 Å². The monoisotopic (exact) mass is 363 g/mol. The quantitative estimate of drug-likeness (QED) is 0.852. The zero-order chi connectivity index (χ0) is 27.9. The van der Waals surface area contributed by atoms with Crippen molar-refractivity contribution in [1.82, 2.24) is 4.90 Å². The summed E-state index contributed by atoms with van der Waals surface area (Å²) in [6, 6.07) is 3.61. The molecule has 3 rings (SSSR count). The van der Waals surface area contributed by atoms with Crippen LogP contribution >= 0.6 is 0 Å². The summed E-state index contributed by atoms with van der Waals surface area (Å²) >= 11 is 0. The lowest BCUT2D eigenvalue weighted by molar-refractivity contribution is -0.119. The predicted octanol–water partition coefficient (Wildman–Crippen LogP) is 3.63. The first-order valence-electron chi connectivity index (χ1n) is 13.9. The summed E-state index contributed by atoms with van der Waals surface area (Å²) in [6.07, 6.45) is -3.46. The molecule has 0 aromatic heterocycles. The van der Waals surface area contributed by atoms with E-state index in [0.717, 1.165) is 4.90 Å². The summed E-state index contributed by atoms with van der Waals surface area (Å²) < 4.78 is 88.2. The van der Waals surface area contributed by atoms with E-state index in [1.807, 2.05) is 0 Å². The average molecular weight is 364 g/mol. The highest BCUT2D eigenvalue weighted by Crippen LogP contribution is 2.25. The van der Waals surface area contributed by atoms with Gasteiger partial charge in [-0.25, -0.2) is 0 Å². The fraction of sp³-hybridized carbons (Fsp3) is 0.409. The average Bonchev–Trinajstić information content (AvgIpc) is 2.83. The Kier molecular flexibility index (Phi) is 3.16. The van der Waals surface area contributed by atoms with E-state index >= 15 is 0 Å². The van der Waals surface area contributed by atoms with Crippen LogP contribution in [0.1, 0.15) is 52.8 Å². The first kappa shape index (κ1) is 9.16. The fourth-order valence-corrected chi connectivity index (χ4v) is 3.01. The Balaban J connectivity index is 1.95. The standard InChI is InChI=1S/C22H28N2O2/c1-2-22(26)24(19-11-7-4-8-12-19)20-13-15-23(16-14-20)17-21(25)18-9-5-3-6-10-18/h3-12,20-21,25H,2,13-17H2,1H3/i1D3,4D,7D,8D,11D,12D,17D2,21D. The lowest BCUT2D eigenvalue weighted by Crippen LogP contribution is -2.48. The van der Waals surface area contributed by atoms with Crippen molar-refractivity contribution in [2.24, 2.45) is 0 Å². The lowest BCUT2D eigenvalue weighted by Gasteiger charge is -2.39. The highest BCUT2D eigenvalue weighted by Gasteiger charge is 2.29. The summed E-state index contributed by atoms with van der Waals surface area (Å²) in [6.45, 7) is -5.31. The molecular formula is C22H28N2O2. The van der Waals surface area contributed by atoms with Crippen molar-refractivity contribution in [3.05, 3.63) is 66.1 Å². The number of rotatable bonds is 6. The molecule has 2 aromatic carbocycles. The molecule has 1 amide bonds. The number of carbonyl (C=O) groups excluding carboxylic acids is 1. The Bertz CT molecular complexity index is 1120. The van der Waals surface area contributed by atoms with Gasteiger partial charge in [0.05, 0.1) is 14.3 Å². The van der Waals surface area contributed by atoms with Crippen molar-refractivity contribution < 1.29 is 25.0 Å². The van der Waals surface area contributed by atoms with E-state index in [1.165, 1.54) is 17.0 Å². The lowest BCUT2D eigenvalue weighted by atomic mass is 10.0. The maximum absolute atomic E-state index is 13.2. The van der Waals surface area contributed by atoms with Gasteiger partial charge < -0.3 is 14.9 Å². The molecule has 1 fully saturated rings. The van der Waals surface area contributed by atoms with E-state index in [4.69, 9.17) is 15.1 Å². The molecule has 2 aromatic rings. The second-order valence-corrected chi connectivity index (χ2v) is 5.96. The second-order valence-electron chi connectivity index (χ2n) is 5.96. The van der Waals surface area contributed by atoms with E-state index in [-0.39, 0.29) is 31.5 Å². The number of aliphatic hydroxyl groups is 1. The third-order valence-corrected chi connectivity index (χ3v) is 4.29. The number of anilines is 1. The van der Waals surface area contributed by atoms with Crippen LogP contribution in [0.25, 0.3) is 0 Å². The zero-order valence-corrected chi connectivity index (χ0v) is 14.2. The molecule has 1 aliphatic heterocycles. The third-order valence-electron chi connectivity index (χ3n) is 4.29. The Morgan fingerprint density at radius 3 is 2.69 bits per heavy atom. The molecule has 1 saturated heterocycles. The van der Waals surface area contributed by atoms with Crippen molar-refractivity contribution in [3.8, 4) is 0 Å². The van der Waals surface area contributed by atoms with E-state index < -0.39 is 73.7 Å². The number of carbonyl (C=O) groups is 1. The van der Waals surface area contributed by atoms with Gasteiger partial charge in [0.15, 0.2) is 0 Å². The number of nitrogens with zero attached hydrogens (tertiary/aromatic N) is 2. The molecule has 4 heteroatoms. The SMILES string of the molecule is [2H]c1c([2H])c([2H])c(N(C(=O)CC([2H])([2H])[2H])C2CCN(C([2H])([2H])C([2H])(O)c3ccccc3)CC2)c([2H])c1[2H]. The van der Waals surface area contributed by atoms with Crippen molar-refractivity contribution in [2.45, 2.75) is 38.2 Å². The molecule has 4 nitrogen and oxygen atoms in total. The van der Waals surface area contributed by atoms with Gasteiger partial charge in [-0.05, 0) is 30.5 Å². The van der Waals surface area contributed by atoms with E-state index in [1.54, 1.807) is 18.2 Å². The van der Waals surface area contributed by atoms with Crippen molar-refractivity contribution >= 4 is 11.6 Å². The summed E-state index contributed by atoms with van der Waals surface area (Å²) in [4.78, 5) is 15.3. The predicted molar refractivity (Wildman–Crippen MR) is 105 cm³/mol. The minimum absolute atomic E-state index is 0.0410. The zero-order valence-electron chi connectivity index (χ0n) is 25.2. The third kappa shape index (κ3) is 4.51. The second kappa shape index (κ2) is 8.97. The number of likely N-dealkylation sites (tertiary alicyclic amines) is 1. The van der Waals surface area contributed by atoms with E-state index in [0.29, 0.717) is 0 Å². The molecule has 1 unspecified atom stereocenters. The Hall–Kier alpha value is -2.17. The van der Waals surface area contributed by atoms with Gasteiger partial charge in [0, 0.05) is 44.6 Å². The van der Waals surface area contributed by atoms with Crippen LogP contribution in [-0.4, -0.2) is 41.5 Å². The smallest absolute Gasteiger partial charge is 0.226 e. The number of β-amino-alcohol motifs (C(OH)–C–C–N with tert-alkyl or cyclic N) is 1. The number of para-hydroxylation sites is 1. The van der Waals surface area contributed by atoms with Gasteiger partial charge in [0.1, 0.15) is 0 Å². The van der Waals surface area contributed by atoms with E-state index in [9.17, 15) is 9.90 Å². The molecule has 0 radical (unpaired) electrons. The molecule has 1 atom stereocenters. The van der Waals surface area contributed by atoms with Crippen LogP contribution in [0.2, 0.25) is 0 Å². The summed E-state index contributed by atoms with van der Waals surface area (Å²) in [7, 11) is 0. The maximum Gasteiger partial charge on any atom is 0.226 e. The summed E-state index contributed by atoms with van der Waals surface area (Å²) in [5, 5.41) is 10.8. The number of piperidine rings is 1. The van der Waals surface area contributed by atoms with Gasteiger partial charge in [0.2, 0.25) is 5.91 Å². The highest BCUT2D eigenvalue weighted by molar-refractivity contribution is 5.93. The molecule has 1 heterocycles. The number of amides is 1. The van der Waals surface area contributed by atoms with Gasteiger partial charge in [-0.3, -0.25) is 4.79 Å². The number of hydrogen-bond acceptors (Lipinski definition) is 3. The highest BCUT2D eigenvalue weighted by atomic mass is 16.3. The van der Waals surface area contributed by atoms with Gasteiger partial charge in [-0.1, -0.05) is 55.3 Å². The molecule has 1 aliphatic rings. The molecule has 138 valence electrons. The van der Waals surface area contributed by atoms with Gasteiger partial charge in [-0.2, -0.15) is 0 Å². The van der Waals surface area contributed by atoms with Crippen molar-refractivity contribution in [2.75, 3.05) is 24.5 Å². The summed E-state index contributed by atoms with van der Waals surface area (Å²) in [5.41, 5.74) is -0.376. The van der Waals surface area contributed by atoms with Gasteiger partial charge >= 0.3 is 0 Å². The van der Waals surface area contributed by atoms with Crippen molar-refractivity contribution in [1.29, 1.82) is 0 Å². The number of hydrogen-bond donors (Lipinski definition) is 1. The summed E-state index contributed by atoms with van der Waals surface area (Å²) in [5.74, 6) is -0.943. The van der Waals surface area contributed by atoms with Gasteiger partial charge in [0.25, 0.3) is 0 Å². The maximum atomic E-state index is 13.2. The molecule has 0 bridgehead atoms. The van der Waals surface area contributed by atoms with Crippen LogP contribution in [0.15, 0.2) is 60.5 Å². The van der Waals surface area contributed by atoms with Crippen LogP contribution in [0.5, 0.6) is 0 Å². The van der Waals surface area contributed by atoms with Crippen LogP contribution in [-0.2, 0) is 4.79 Å². The molecule has 0 aliphatic carbocycles. The minimum atomic E-state index is -2.67.